The summed E-state index contributed by atoms with van der Waals surface area (Å²) in [6.07, 6.45) is 2.40. The fourth-order valence-corrected chi connectivity index (χ4v) is 0.885. The molecule has 2 heteroatoms. The zero-order chi connectivity index (χ0) is 8.85. The van der Waals surface area contributed by atoms with Crippen LogP contribution in [0.15, 0.2) is 12.2 Å². The molecule has 64 valence electrons. The quantitative estimate of drug-likeness (QED) is 0.613. The summed E-state index contributed by atoms with van der Waals surface area (Å²) in [5.41, 5.74) is 6.27. The third kappa shape index (κ3) is 4.73. The van der Waals surface area contributed by atoms with Crippen LogP contribution in [0.5, 0.6) is 0 Å². The van der Waals surface area contributed by atoms with Gasteiger partial charge in [-0.25, -0.2) is 0 Å². The molecule has 0 aliphatic carbocycles. The van der Waals surface area contributed by atoms with E-state index in [1.54, 1.807) is 6.92 Å². The summed E-state index contributed by atoms with van der Waals surface area (Å²) in [6.45, 7) is 7.35. The van der Waals surface area contributed by atoms with E-state index < -0.39 is 0 Å². The van der Waals surface area contributed by atoms with Gasteiger partial charge in [0, 0.05) is 12.5 Å². The van der Waals surface area contributed by atoms with Crippen LogP contribution in [0.25, 0.3) is 0 Å². The molecule has 0 radical (unpaired) electrons. The minimum Gasteiger partial charge on any atom is -0.327 e. The zero-order valence-electron chi connectivity index (χ0n) is 7.39. The number of carbonyl (C=O) groups is 1. The maximum atomic E-state index is 11.0. The maximum absolute atomic E-state index is 11.0. The maximum Gasteiger partial charge on any atom is 0.159 e. The molecule has 0 rings (SSSR count). The standard InChI is InChI=1S/C9H17NO/c1-4-5-8(10)6-9(11)7(2)3/h8H,2,4-6,10H2,1,3H3. The molecule has 0 aromatic heterocycles. The number of rotatable bonds is 5. The van der Waals surface area contributed by atoms with E-state index in [1.807, 2.05) is 0 Å². The largest absolute Gasteiger partial charge is 0.327 e. The Balaban J connectivity index is 3.66. The van der Waals surface area contributed by atoms with Crippen molar-refractivity contribution in [2.24, 2.45) is 5.73 Å². The second-order valence-corrected chi connectivity index (χ2v) is 2.96. The smallest absolute Gasteiger partial charge is 0.159 e. The molecule has 0 heterocycles. The van der Waals surface area contributed by atoms with Gasteiger partial charge in [-0.3, -0.25) is 4.79 Å². The molecule has 0 amide bonds. The highest BCUT2D eigenvalue weighted by molar-refractivity contribution is 5.94. The predicted molar refractivity (Wildman–Crippen MR) is 47.3 cm³/mol. The van der Waals surface area contributed by atoms with Gasteiger partial charge in [0.15, 0.2) is 5.78 Å². The summed E-state index contributed by atoms with van der Waals surface area (Å²) in [5, 5.41) is 0. The highest BCUT2D eigenvalue weighted by Crippen LogP contribution is 2.03. The number of ketones is 1. The molecule has 0 aliphatic rings. The molecule has 0 aromatic rings. The average Bonchev–Trinajstić information content (AvgIpc) is 1.87. The van der Waals surface area contributed by atoms with E-state index in [1.165, 1.54) is 0 Å². The van der Waals surface area contributed by atoms with Gasteiger partial charge in [-0.2, -0.15) is 0 Å². The van der Waals surface area contributed by atoms with Crippen LogP contribution in [-0.4, -0.2) is 11.8 Å². The average molecular weight is 155 g/mol. The SMILES string of the molecule is C=C(C)C(=O)CC(N)CCC. The number of hydrogen-bond acceptors (Lipinski definition) is 2. The molecule has 0 fully saturated rings. The van der Waals surface area contributed by atoms with Crippen molar-refractivity contribution >= 4 is 5.78 Å². The van der Waals surface area contributed by atoms with E-state index in [0.717, 1.165) is 12.8 Å². The van der Waals surface area contributed by atoms with Gasteiger partial charge in [0.1, 0.15) is 0 Å². The van der Waals surface area contributed by atoms with Gasteiger partial charge in [0.05, 0.1) is 0 Å². The topological polar surface area (TPSA) is 43.1 Å². The number of hydrogen-bond donors (Lipinski definition) is 1. The van der Waals surface area contributed by atoms with E-state index in [4.69, 9.17) is 5.73 Å². The fourth-order valence-electron chi connectivity index (χ4n) is 0.885. The Morgan fingerprint density at radius 3 is 2.55 bits per heavy atom. The van der Waals surface area contributed by atoms with Crippen molar-refractivity contribution in [3.63, 3.8) is 0 Å². The van der Waals surface area contributed by atoms with Crippen molar-refractivity contribution in [1.29, 1.82) is 0 Å². The van der Waals surface area contributed by atoms with Gasteiger partial charge in [0.2, 0.25) is 0 Å². The molecule has 0 bridgehead atoms. The molecule has 2 nitrogen and oxygen atoms in total. The Morgan fingerprint density at radius 2 is 2.18 bits per heavy atom. The van der Waals surface area contributed by atoms with Gasteiger partial charge < -0.3 is 5.73 Å². The van der Waals surface area contributed by atoms with Crippen molar-refractivity contribution < 1.29 is 4.79 Å². The summed E-state index contributed by atoms with van der Waals surface area (Å²) in [5.74, 6) is 0.0888. The lowest BCUT2D eigenvalue weighted by molar-refractivity contribution is -0.115. The zero-order valence-corrected chi connectivity index (χ0v) is 7.39. The van der Waals surface area contributed by atoms with Gasteiger partial charge >= 0.3 is 0 Å². The Hall–Kier alpha value is -0.630. The van der Waals surface area contributed by atoms with Crippen LogP contribution in [0.4, 0.5) is 0 Å². The molecule has 1 unspecified atom stereocenters. The number of carbonyl (C=O) groups excluding carboxylic acids is 1. The van der Waals surface area contributed by atoms with E-state index in [-0.39, 0.29) is 11.8 Å². The van der Waals surface area contributed by atoms with E-state index >= 15 is 0 Å². The number of nitrogens with two attached hydrogens (primary N) is 1. The van der Waals surface area contributed by atoms with Crippen molar-refractivity contribution in [1.82, 2.24) is 0 Å². The lowest BCUT2D eigenvalue weighted by atomic mass is 10.0. The Morgan fingerprint density at radius 1 is 1.64 bits per heavy atom. The third-order valence-electron chi connectivity index (χ3n) is 1.58. The molecule has 0 spiro atoms. The minimum absolute atomic E-state index is 0.0178. The molecule has 0 aromatic carbocycles. The monoisotopic (exact) mass is 155 g/mol. The normalized spacial score (nSPS) is 12.6. The molecule has 1 atom stereocenters. The van der Waals surface area contributed by atoms with E-state index in [9.17, 15) is 4.79 Å². The summed E-state index contributed by atoms with van der Waals surface area (Å²) in [7, 11) is 0. The molecule has 11 heavy (non-hydrogen) atoms. The third-order valence-corrected chi connectivity index (χ3v) is 1.58. The van der Waals surface area contributed by atoms with Crippen molar-refractivity contribution in [3.05, 3.63) is 12.2 Å². The molecular formula is C9H17NO. The van der Waals surface area contributed by atoms with E-state index in [2.05, 4.69) is 13.5 Å². The van der Waals surface area contributed by atoms with Crippen LogP contribution in [0.3, 0.4) is 0 Å². The Kier molecular flexibility index (Phi) is 4.79. The van der Waals surface area contributed by atoms with Crippen LogP contribution in [0.1, 0.15) is 33.1 Å². The van der Waals surface area contributed by atoms with Crippen LogP contribution in [-0.2, 0) is 4.79 Å². The van der Waals surface area contributed by atoms with Gasteiger partial charge in [-0.05, 0) is 18.9 Å². The van der Waals surface area contributed by atoms with Crippen LogP contribution in [0.2, 0.25) is 0 Å². The van der Waals surface area contributed by atoms with Gasteiger partial charge in [0.25, 0.3) is 0 Å². The first kappa shape index (κ1) is 10.4. The lowest BCUT2D eigenvalue weighted by Gasteiger charge is -2.07. The first-order chi connectivity index (χ1) is 5.07. The fraction of sp³-hybridized carbons (Fsp3) is 0.667. The lowest BCUT2D eigenvalue weighted by Crippen LogP contribution is -2.23. The second-order valence-electron chi connectivity index (χ2n) is 2.96. The van der Waals surface area contributed by atoms with Crippen LogP contribution in [0, 0.1) is 0 Å². The van der Waals surface area contributed by atoms with Crippen LogP contribution >= 0.6 is 0 Å². The van der Waals surface area contributed by atoms with Crippen molar-refractivity contribution in [2.45, 2.75) is 39.2 Å². The molecule has 0 aliphatic heterocycles. The minimum atomic E-state index is 0.0178. The summed E-state index contributed by atoms with van der Waals surface area (Å²) < 4.78 is 0. The first-order valence-electron chi connectivity index (χ1n) is 4.02. The summed E-state index contributed by atoms with van der Waals surface area (Å²) >= 11 is 0. The molecule has 0 saturated heterocycles. The Labute approximate surface area is 68.5 Å². The summed E-state index contributed by atoms with van der Waals surface area (Å²) in [4.78, 5) is 11.0. The summed E-state index contributed by atoms with van der Waals surface area (Å²) in [6, 6.07) is 0.0178. The van der Waals surface area contributed by atoms with Crippen molar-refractivity contribution in [2.75, 3.05) is 0 Å². The van der Waals surface area contributed by atoms with Crippen molar-refractivity contribution in [3.8, 4) is 0 Å². The highest BCUT2D eigenvalue weighted by Gasteiger charge is 2.08. The number of allylic oxidation sites excluding steroid dienone is 1. The van der Waals surface area contributed by atoms with Crippen LogP contribution < -0.4 is 5.73 Å². The molecule has 0 saturated carbocycles. The predicted octanol–water partition coefficient (Wildman–Crippen LogP) is 1.65. The second kappa shape index (κ2) is 5.08. The Bertz CT molecular complexity index is 152. The van der Waals surface area contributed by atoms with Gasteiger partial charge in [-0.15, -0.1) is 0 Å². The highest BCUT2D eigenvalue weighted by atomic mass is 16.1. The molecular weight excluding hydrogens is 138 g/mol. The number of Topliss-reactive ketones (excluding diaryl/α,β-unsaturated/α-hetero) is 1. The van der Waals surface area contributed by atoms with Gasteiger partial charge in [-0.1, -0.05) is 19.9 Å². The first-order valence-corrected chi connectivity index (χ1v) is 4.02. The van der Waals surface area contributed by atoms with E-state index in [0.29, 0.717) is 12.0 Å². The molecule has 2 N–H and O–H groups in total.